The van der Waals surface area contributed by atoms with Gasteiger partial charge in [-0.05, 0) is 30.3 Å². The number of halogens is 3. The summed E-state index contributed by atoms with van der Waals surface area (Å²) >= 11 is 17.8. The molecule has 0 unspecified atom stereocenters. The number of carbonyl (C=O) groups is 1. The second-order valence-corrected chi connectivity index (χ2v) is 5.42. The van der Waals surface area contributed by atoms with Gasteiger partial charge in [-0.15, -0.1) is 0 Å². The van der Waals surface area contributed by atoms with E-state index in [2.05, 4.69) is 0 Å². The van der Waals surface area contributed by atoms with Crippen molar-refractivity contribution >= 4 is 40.7 Å². The van der Waals surface area contributed by atoms with Crippen LogP contribution in [0.5, 0.6) is 5.75 Å². The maximum absolute atomic E-state index is 11.7. The first-order valence-corrected chi connectivity index (χ1v) is 7.02. The highest BCUT2D eigenvalue weighted by Crippen LogP contribution is 2.26. The molecular weight excluding hydrogens is 335 g/mol. The zero-order valence-electron chi connectivity index (χ0n) is 10.7. The first-order valence-electron chi connectivity index (χ1n) is 5.88. The van der Waals surface area contributed by atoms with Gasteiger partial charge in [-0.3, -0.25) is 10.2 Å². The second kappa shape index (κ2) is 7.00. The van der Waals surface area contributed by atoms with Crippen LogP contribution in [0.15, 0.2) is 36.4 Å². The van der Waals surface area contributed by atoms with Crippen molar-refractivity contribution in [2.75, 3.05) is 0 Å². The number of hydrogen-bond donors (Lipinski definition) is 2. The standard InChI is InChI=1S/C14H11Cl3N2O2/c15-9-3-4-13(11(5-9)14(20)19-18)21-7-8-1-2-10(16)6-12(8)17/h1-6H,7,18H2,(H,19,20). The quantitative estimate of drug-likeness (QED) is 0.503. The molecule has 0 atom stereocenters. The summed E-state index contributed by atoms with van der Waals surface area (Å²) < 4.78 is 5.62. The number of hydrogen-bond acceptors (Lipinski definition) is 3. The normalized spacial score (nSPS) is 10.3. The largest absolute Gasteiger partial charge is 0.488 e. The Bertz CT molecular complexity index is 677. The van der Waals surface area contributed by atoms with Crippen LogP contribution < -0.4 is 16.0 Å². The van der Waals surface area contributed by atoms with E-state index in [9.17, 15) is 4.79 Å². The van der Waals surface area contributed by atoms with E-state index >= 15 is 0 Å². The Balaban J connectivity index is 2.21. The lowest BCUT2D eigenvalue weighted by molar-refractivity contribution is 0.0949. The summed E-state index contributed by atoms with van der Waals surface area (Å²) in [7, 11) is 0. The van der Waals surface area contributed by atoms with Gasteiger partial charge in [0, 0.05) is 20.6 Å². The Morgan fingerprint density at radius 1 is 1.10 bits per heavy atom. The molecule has 21 heavy (non-hydrogen) atoms. The zero-order valence-corrected chi connectivity index (χ0v) is 13.0. The maximum atomic E-state index is 11.7. The zero-order chi connectivity index (χ0) is 15.4. The number of benzene rings is 2. The lowest BCUT2D eigenvalue weighted by Gasteiger charge is -2.12. The van der Waals surface area contributed by atoms with Crippen LogP contribution in [0.25, 0.3) is 0 Å². The van der Waals surface area contributed by atoms with Crippen LogP contribution >= 0.6 is 34.8 Å². The Hall–Kier alpha value is -1.46. The highest BCUT2D eigenvalue weighted by Gasteiger charge is 2.13. The summed E-state index contributed by atoms with van der Waals surface area (Å²) in [6.45, 7) is 0.183. The SMILES string of the molecule is NNC(=O)c1cc(Cl)ccc1OCc1ccc(Cl)cc1Cl. The van der Waals surface area contributed by atoms with Crippen LogP contribution in [0.2, 0.25) is 15.1 Å². The molecule has 2 aromatic carbocycles. The van der Waals surface area contributed by atoms with Crippen molar-refractivity contribution in [3.63, 3.8) is 0 Å². The Kier molecular flexibility index (Phi) is 5.31. The topological polar surface area (TPSA) is 64.3 Å². The number of nitrogens with one attached hydrogen (secondary N) is 1. The lowest BCUT2D eigenvalue weighted by atomic mass is 10.2. The molecule has 0 aliphatic heterocycles. The van der Waals surface area contributed by atoms with Crippen LogP contribution in [-0.2, 0) is 6.61 Å². The monoisotopic (exact) mass is 344 g/mol. The average Bonchev–Trinajstić information content (AvgIpc) is 2.46. The van der Waals surface area contributed by atoms with Gasteiger partial charge < -0.3 is 4.74 Å². The number of hydrazine groups is 1. The molecule has 0 aromatic heterocycles. The van der Waals surface area contributed by atoms with Crippen molar-refractivity contribution in [1.29, 1.82) is 0 Å². The first kappa shape index (κ1) is 15.9. The summed E-state index contributed by atoms with van der Waals surface area (Å²) in [6, 6.07) is 9.77. The van der Waals surface area contributed by atoms with Crippen molar-refractivity contribution in [2.45, 2.75) is 6.61 Å². The molecule has 0 saturated carbocycles. The van der Waals surface area contributed by atoms with E-state index in [1.54, 1.807) is 30.3 Å². The second-order valence-electron chi connectivity index (χ2n) is 4.14. The summed E-state index contributed by atoms with van der Waals surface area (Å²) in [6.07, 6.45) is 0. The van der Waals surface area contributed by atoms with E-state index in [4.69, 9.17) is 45.4 Å². The predicted octanol–water partition coefficient (Wildman–Crippen LogP) is 3.83. The summed E-state index contributed by atoms with van der Waals surface area (Å²) in [5.74, 6) is 5.00. The molecule has 110 valence electrons. The van der Waals surface area contributed by atoms with E-state index in [0.29, 0.717) is 20.8 Å². The van der Waals surface area contributed by atoms with Gasteiger partial charge in [-0.1, -0.05) is 40.9 Å². The predicted molar refractivity (Wildman–Crippen MR) is 83.9 cm³/mol. The van der Waals surface area contributed by atoms with Gasteiger partial charge in [0.15, 0.2) is 0 Å². The Morgan fingerprint density at radius 3 is 2.43 bits per heavy atom. The number of ether oxygens (including phenoxy) is 1. The molecule has 3 N–H and O–H groups in total. The molecule has 2 aromatic rings. The van der Waals surface area contributed by atoms with Crippen LogP contribution in [0, 0.1) is 0 Å². The van der Waals surface area contributed by atoms with Gasteiger partial charge in [-0.2, -0.15) is 0 Å². The van der Waals surface area contributed by atoms with Gasteiger partial charge in [0.25, 0.3) is 5.91 Å². The van der Waals surface area contributed by atoms with Gasteiger partial charge in [-0.25, -0.2) is 5.84 Å². The number of carbonyl (C=O) groups excluding carboxylic acids is 1. The van der Waals surface area contributed by atoms with E-state index in [1.807, 2.05) is 5.43 Å². The molecule has 0 fully saturated rings. The fourth-order valence-corrected chi connectivity index (χ4v) is 2.31. The van der Waals surface area contributed by atoms with Crippen molar-refractivity contribution in [1.82, 2.24) is 5.43 Å². The van der Waals surface area contributed by atoms with Gasteiger partial charge in [0.1, 0.15) is 12.4 Å². The van der Waals surface area contributed by atoms with E-state index in [1.165, 1.54) is 6.07 Å². The summed E-state index contributed by atoms with van der Waals surface area (Å²) in [5.41, 5.74) is 3.04. The van der Waals surface area contributed by atoms with E-state index in [-0.39, 0.29) is 12.2 Å². The average molecular weight is 346 g/mol. The smallest absolute Gasteiger partial charge is 0.268 e. The molecular formula is C14H11Cl3N2O2. The highest BCUT2D eigenvalue weighted by molar-refractivity contribution is 6.35. The molecule has 1 amide bonds. The molecule has 7 heteroatoms. The Morgan fingerprint density at radius 2 is 1.76 bits per heavy atom. The molecule has 0 radical (unpaired) electrons. The van der Waals surface area contributed by atoms with Gasteiger partial charge in [0.05, 0.1) is 5.56 Å². The molecule has 0 bridgehead atoms. The fourth-order valence-electron chi connectivity index (χ4n) is 1.68. The van der Waals surface area contributed by atoms with Gasteiger partial charge >= 0.3 is 0 Å². The number of nitrogen functional groups attached to an aromatic ring is 1. The first-order chi connectivity index (χ1) is 10.0. The molecule has 0 aliphatic carbocycles. The third kappa shape index (κ3) is 4.02. The molecule has 0 saturated heterocycles. The highest BCUT2D eigenvalue weighted by atomic mass is 35.5. The van der Waals surface area contributed by atoms with Crippen LogP contribution in [0.1, 0.15) is 15.9 Å². The van der Waals surface area contributed by atoms with Crippen molar-refractivity contribution in [3.8, 4) is 5.75 Å². The molecule has 0 aliphatic rings. The van der Waals surface area contributed by atoms with Crippen LogP contribution in [0.4, 0.5) is 0 Å². The van der Waals surface area contributed by atoms with Crippen molar-refractivity contribution in [3.05, 3.63) is 62.6 Å². The fraction of sp³-hybridized carbons (Fsp3) is 0.0714. The molecule has 0 heterocycles. The molecule has 4 nitrogen and oxygen atoms in total. The van der Waals surface area contributed by atoms with Crippen LogP contribution in [0.3, 0.4) is 0 Å². The minimum atomic E-state index is -0.491. The molecule has 2 rings (SSSR count). The number of amides is 1. The Labute approximate surface area is 136 Å². The van der Waals surface area contributed by atoms with Crippen molar-refractivity contribution in [2.24, 2.45) is 5.84 Å². The van der Waals surface area contributed by atoms with Gasteiger partial charge in [0.2, 0.25) is 0 Å². The number of nitrogens with two attached hydrogens (primary N) is 1. The minimum Gasteiger partial charge on any atom is -0.488 e. The third-order valence-corrected chi connectivity index (χ3v) is 3.54. The summed E-state index contributed by atoms with van der Waals surface area (Å²) in [5, 5.41) is 1.44. The van der Waals surface area contributed by atoms with E-state index in [0.717, 1.165) is 5.56 Å². The minimum absolute atomic E-state index is 0.183. The van der Waals surface area contributed by atoms with E-state index < -0.39 is 5.91 Å². The maximum Gasteiger partial charge on any atom is 0.268 e. The number of rotatable bonds is 4. The molecule has 0 spiro atoms. The lowest BCUT2D eigenvalue weighted by Crippen LogP contribution is -2.30. The third-order valence-electron chi connectivity index (χ3n) is 2.72. The summed E-state index contributed by atoms with van der Waals surface area (Å²) in [4.78, 5) is 11.7. The van der Waals surface area contributed by atoms with Crippen LogP contribution in [-0.4, -0.2) is 5.91 Å². The van der Waals surface area contributed by atoms with Crippen molar-refractivity contribution < 1.29 is 9.53 Å².